The molecule has 3 amide bonds. The number of hydrogen-bond acceptors (Lipinski definition) is 9. The lowest BCUT2D eigenvalue weighted by Crippen LogP contribution is -2.57. The van der Waals surface area contributed by atoms with Crippen LogP contribution in [-0.2, 0) is 24.0 Å². The Hall–Kier alpha value is -2.03. The molecule has 184 valence electrons. The molecule has 0 fully saturated rings. The molecule has 0 aromatic rings. The smallest absolute Gasteiger partial charge is 0.326 e. The van der Waals surface area contributed by atoms with E-state index in [1.54, 1.807) is 12.5 Å². The first kappa shape index (κ1) is 30.0. The maximum atomic E-state index is 12.8. The van der Waals surface area contributed by atoms with Crippen LogP contribution in [0.1, 0.15) is 25.7 Å². The van der Waals surface area contributed by atoms with Gasteiger partial charge in [0.05, 0.1) is 6.61 Å². The van der Waals surface area contributed by atoms with Gasteiger partial charge in [-0.2, -0.15) is 23.5 Å². The van der Waals surface area contributed by atoms with Gasteiger partial charge in [0.1, 0.15) is 24.2 Å². The molecule has 4 unspecified atom stereocenters. The molecule has 0 radical (unpaired) electrons. The van der Waals surface area contributed by atoms with Gasteiger partial charge in [-0.15, -0.1) is 0 Å². The molecule has 0 aliphatic rings. The Morgan fingerprint density at radius 2 is 1.22 bits per heavy atom. The summed E-state index contributed by atoms with van der Waals surface area (Å²) < 4.78 is 0. The highest BCUT2D eigenvalue weighted by Crippen LogP contribution is 2.06. The summed E-state index contributed by atoms with van der Waals surface area (Å²) in [5.74, 6) is -3.85. The molecule has 0 rings (SSSR count). The second-order valence-electron chi connectivity index (χ2n) is 6.81. The number of hydrogen-bond donors (Lipinski definition) is 7. The van der Waals surface area contributed by atoms with E-state index in [0.29, 0.717) is 11.5 Å². The van der Waals surface area contributed by atoms with E-state index in [1.165, 1.54) is 23.5 Å². The molecule has 14 heteroatoms. The van der Waals surface area contributed by atoms with E-state index in [9.17, 15) is 29.1 Å². The highest BCUT2D eigenvalue weighted by Gasteiger charge is 2.30. The average molecular weight is 497 g/mol. The first-order chi connectivity index (χ1) is 15.1. The van der Waals surface area contributed by atoms with Crippen LogP contribution in [0.5, 0.6) is 0 Å². The lowest BCUT2D eigenvalue weighted by molar-refractivity contribution is -0.143. The molecule has 32 heavy (non-hydrogen) atoms. The minimum absolute atomic E-state index is 0.146. The maximum Gasteiger partial charge on any atom is 0.326 e. The first-order valence-corrected chi connectivity index (χ1v) is 12.6. The Balaban J connectivity index is 5.44. The van der Waals surface area contributed by atoms with E-state index in [1.807, 2.05) is 0 Å². The van der Waals surface area contributed by atoms with Crippen molar-refractivity contribution in [1.29, 1.82) is 0 Å². The van der Waals surface area contributed by atoms with Crippen LogP contribution >= 0.6 is 23.5 Å². The number of aliphatic hydroxyl groups excluding tert-OH is 1. The summed E-state index contributed by atoms with van der Waals surface area (Å²) in [5.41, 5.74) is 5.46. The standard InChI is InChI=1S/C18H32N4O8S2/c1-31-7-5-12(20-15(26)10(19)9-23)17(28)21-11(3-4-14(24)25)16(27)22-13(18(29)30)6-8-32-2/h10-13,23H,3-9,19H2,1-2H3,(H,20,26)(H,21,28)(H,22,27)(H,24,25)(H,29,30). The third-order valence-corrected chi connectivity index (χ3v) is 5.57. The van der Waals surface area contributed by atoms with Crippen molar-refractivity contribution in [2.75, 3.05) is 30.6 Å². The van der Waals surface area contributed by atoms with Crippen LogP contribution in [-0.4, -0.2) is 99.8 Å². The molecule has 4 atom stereocenters. The molecule has 0 aliphatic heterocycles. The van der Waals surface area contributed by atoms with Gasteiger partial charge in [-0.3, -0.25) is 19.2 Å². The summed E-state index contributed by atoms with van der Waals surface area (Å²) in [7, 11) is 0. The molecule has 0 bridgehead atoms. The Morgan fingerprint density at radius 1 is 0.781 bits per heavy atom. The number of amides is 3. The predicted octanol–water partition coefficient (Wildman–Crippen LogP) is -1.78. The number of aliphatic carboxylic acids is 2. The van der Waals surface area contributed by atoms with Crippen LogP contribution in [0.15, 0.2) is 0 Å². The van der Waals surface area contributed by atoms with Crippen molar-refractivity contribution in [3.05, 3.63) is 0 Å². The fraction of sp³-hybridized carbons (Fsp3) is 0.722. The molecule has 0 aliphatic carbocycles. The lowest BCUT2D eigenvalue weighted by Gasteiger charge is -2.24. The number of carboxylic acids is 2. The summed E-state index contributed by atoms with van der Waals surface area (Å²) in [6.07, 6.45) is 3.19. The largest absolute Gasteiger partial charge is 0.481 e. The Morgan fingerprint density at radius 3 is 1.66 bits per heavy atom. The summed E-state index contributed by atoms with van der Waals surface area (Å²) in [6, 6.07) is -4.85. The Kier molecular flexibility index (Phi) is 15.5. The van der Waals surface area contributed by atoms with Gasteiger partial charge in [0.25, 0.3) is 0 Å². The summed E-state index contributed by atoms with van der Waals surface area (Å²) in [6.45, 7) is -0.626. The number of aliphatic hydroxyl groups is 1. The minimum atomic E-state index is -1.32. The zero-order valence-corrected chi connectivity index (χ0v) is 19.7. The van der Waals surface area contributed by atoms with Crippen molar-refractivity contribution in [3.8, 4) is 0 Å². The van der Waals surface area contributed by atoms with Crippen molar-refractivity contribution >= 4 is 53.2 Å². The summed E-state index contributed by atoms with van der Waals surface area (Å²) >= 11 is 2.81. The number of nitrogens with two attached hydrogens (primary N) is 1. The molecule has 8 N–H and O–H groups in total. The van der Waals surface area contributed by atoms with Crippen molar-refractivity contribution in [2.45, 2.75) is 49.9 Å². The van der Waals surface area contributed by atoms with Gasteiger partial charge < -0.3 is 37.0 Å². The topological polar surface area (TPSA) is 208 Å². The van der Waals surface area contributed by atoms with E-state index in [4.69, 9.17) is 15.9 Å². The van der Waals surface area contributed by atoms with Crippen molar-refractivity contribution in [2.24, 2.45) is 5.73 Å². The van der Waals surface area contributed by atoms with Crippen LogP contribution < -0.4 is 21.7 Å². The van der Waals surface area contributed by atoms with Crippen LogP contribution in [0.2, 0.25) is 0 Å². The molecule has 0 spiro atoms. The van der Waals surface area contributed by atoms with E-state index in [-0.39, 0.29) is 19.3 Å². The normalized spacial score (nSPS) is 14.5. The predicted molar refractivity (Wildman–Crippen MR) is 121 cm³/mol. The Bertz CT molecular complexity index is 652. The van der Waals surface area contributed by atoms with Crippen molar-refractivity contribution in [1.82, 2.24) is 16.0 Å². The molecular formula is C18H32N4O8S2. The zero-order valence-electron chi connectivity index (χ0n) is 18.0. The third kappa shape index (κ3) is 12.1. The van der Waals surface area contributed by atoms with E-state index >= 15 is 0 Å². The van der Waals surface area contributed by atoms with Gasteiger partial charge in [-0.25, -0.2) is 4.79 Å². The van der Waals surface area contributed by atoms with Gasteiger partial charge in [0.2, 0.25) is 17.7 Å². The Labute approximate surface area is 194 Å². The van der Waals surface area contributed by atoms with E-state index < -0.39 is 66.9 Å². The average Bonchev–Trinajstić information content (AvgIpc) is 2.75. The number of carbonyl (C=O) groups is 5. The van der Waals surface area contributed by atoms with Gasteiger partial charge in [-0.05, 0) is 43.3 Å². The summed E-state index contributed by atoms with van der Waals surface area (Å²) in [4.78, 5) is 59.8. The molecule has 0 aromatic heterocycles. The second kappa shape index (κ2) is 16.6. The monoisotopic (exact) mass is 496 g/mol. The van der Waals surface area contributed by atoms with Crippen molar-refractivity contribution in [3.63, 3.8) is 0 Å². The molecular weight excluding hydrogens is 464 g/mol. The molecule has 12 nitrogen and oxygen atoms in total. The van der Waals surface area contributed by atoms with Crippen LogP contribution in [0, 0.1) is 0 Å². The first-order valence-electron chi connectivity index (χ1n) is 9.77. The molecule has 0 saturated heterocycles. The maximum absolute atomic E-state index is 12.8. The van der Waals surface area contributed by atoms with Crippen LogP contribution in [0.3, 0.4) is 0 Å². The molecule has 0 aromatic carbocycles. The lowest BCUT2D eigenvalue weighted by atomic mass is 10.1. The quantitative estimate of drug-likeness (QED) is 0.120. The number of nitrogens with one attached hydrogen (secondary N) is 3. The summed E-state index contributed by atoms with van der Waals surface area (Å²) in [5, 5.41) is 34.4. The minimum Gasteiger partial charge on any atom is -0.481 e. The molecule has 0 heterocycles. The highest BCUT2D eigenvalue weighted by atomic mass is 32.2. The number of rotatable bonds is 17. The SMILES string of the molecule is CSCCC(NC(=O)C(CCC(=O)O)NC(=O)C(CCSC)NC(=O)C(N)CO)C(=O)O. The van der Waals surface area contributed by atoms with Gasteiger partial charge in [-0.1, -0.05) is 0 Å². The van der Waals surface area contributed by atoms with E-state index in [0.717, 1.165) is 0 Å². The van der Waals surface area contributed by atoms with Gasteiger partial charge >= 0.3 is 11.9 Å². The number of carbonyl (C=O) groups excluding carboxylic acids is 3. The zero-order chi connectivity index (χ0) is 24.7. The fourth-order valence-corrected chi connectivity index (χ4v) is 3.38. The van der Waals surface area contributed by atoms with Crippen molar-refractivity contribution < 1.29 is 39.3 Å². The number of thioether (sulfide) groups is 2. The van der Waals surface area contributed by atoms with Gasteiger partial charge in [0.15, 0.2) is 0 Å². The van der Waals surface area contributed by atoms with E-state index in [2.05, 4.69) is 16.0 Å². The van der Waals surface area contributed by atoms with Crippen LogP contribution in [0.4, 0.5) is 0 Å². The molecule has 0 saturated carbocycles. The highest BCUT2D eigenvalue weighted by molar-refractivity contribution is 7.98. The fourth-order valence-electron chi connectivity index (χ4n) is 2.44. The second-order valence-corrected chi connectivity index (χ2v) is 8.78. The number of carboxylic acid groups (broad SMARTS) is 2. The van der Waals surface area contributed by atoms with Gasteiger partial charge in [0, 0.05) is 6.42 Å². The van der Waals surface area contributed by atoms with Crippen LogP contribution in [0.25, 0.3) is 0 Å². The third-order valence-electron chi connectivity index (χ3n) is 4.28.